The Morgan fingerprint density at radius 3 is 2.33 bits per heavy atom. The van der Waals surface area contributed by atoms with Crippen LogP contribution in [0.2, 0.25) is 0 Å². The molecule has 0 fully saturated rings. The minimum absolute atomic E-state index is 0.0244. The van der Waals surface area contributed by atoms with E-state index >= 15 is 0 Å². The Kier molecular flexibility index (Phi) is 6.73. The third kappa shape index (κ3) is 5.18. The van der Waals surface area contributed by atoms with Crippen molar-refractivity contribution in [2.24, 2.45) is 27.9 Å². The third-order valence-corrected chi connectivity index (χ3v) is 4.21. The first-order chi connectivity index (χ1) is 12.8. The Labute approximate surface area is 158 Å². The number of anilines is 1. The van der Waals surface area contributed by atoms with Gasteiger partial charge in [-0.3, -0.25) is 19.5 Å². The van der Waals surface area contributed by atoms with Crippen LogP contribution in [0, 0.1) is 0 Å². The average molecular weight is 370 g/mol. The van der Waals surface area contributed by atoms with E-state index in [-0.39, 0.29) is 11.9 Å². The number of carbonyl (C=O) groups is 2. The molecule has 0 aromatic heterocycles. The molecule has 2 rings (SSSR count). The average Bonchev–Trinajstić information content (AvgIpc) is 2.63. The first-order valence-electron chi connectivity index (χ1n) is 8.73. The number of benzene rings is 2. The van der Waals surface area contributed by atoms with Crippen molar-refractivity contribution < 1.29 is 9.59 Å². The van der Waals surface area contributed by atoms with E-state index in [1.807, 2.05) is 36.4 Å². The maximum atomic E-state index is 12.8. The quantitative estimate of drug-likeness (QED) is 0.301. The second-order valence-electron chi connectivity index (χ2n) is 6.40. The lowest BCUT2D eigenvalue weighted by Crippen LogP contribution is -2.53. The topological polar surface area (TPSA) is 154 Å². The molecule has 8 heteroatoms. The van der Waals surface area contributed by atoms with Crippen LogP contribution in [-0.4, -0.2) is 36.4 Å². The molecule has 2 amide bonds. The lowest BCUT2D eigenvalue weighted by molar-refractivity contribution is -0.125. The molecule has 0 saturated heterocycles. The molecule has 0 radical (unpaired) electrons. The predicted molar refractivity (Wildman–Crippen MR) is 108 cm³/mol. The molecule has 0 aliphatic heterocycles. The summed E-state index contributed by atoms with van der Waals surface area (Å²) in [6.07, 6.45) is 0.805. The molecule has 2 aromatic rings. The predicted octanol–water partition coefficient (Wildman–Crippen LogP) is 0.428. The maximum Gasteiger partial charge on any atom is 0.244 e. The largest absolute Gasteiger partial charge is 0.370 e. The van der Waals surface area contributed by atoms with E-state index in [2.05, 4.69) is 4.99 Å². The number of hydrogen-bond acceptors (Lipinski definition) is 4. The second kappa shape index (κ2) is 9.00. The van der Waals surface area contributed by atoms with Crippen LogP contribution in [0.3, 0.4) is 0 Å². The zero-order chi connectivity index (χ0) is 20.0. The van der Waals surface area contributed by atoms with Gasteiger partial charge in [0.15, 0.2) is 5.96 Å². The molecule has 2 unspecified atom stereocenters. The number of carbonyl (C=O) groups excluding carboxylic acids is 2. The summed E-state index contributed by atoms with van der Waals surface area (Å²) in [4.78, 5) is 30.2. The standard InChI is InChI=1S/C19H26N6O2/c1-12(20)18(27)25(16(17(21)26)7-4-10-24-19(22)23)15-9-8-13-5-2-3-6-14(13)11-15/h2-3,5-6,8-9,11-12,16H,4,7,10,20H2,1H3,(H2,21,26)(H4,22,23,24). The van der Waals surface area contributed by atoms with E-state index < -0.39 is 18.0 Å². The second-order valence-corrected chi connectivity index (χ2v) is 6.40. The van der Waals surface area contributed by atoms with Crippen LogP contribution in [0.15, 0.2) is 47.5 Å². The van der Waals surface area contributed by atoms with Crippen molar-refractivity contribution in [3.05, 3.63) is 42.5 Å². The Bertz CT molecular complexity index is 845. The van der Waals surface area contributed by atoms with E-state index in [1.165, 1.54) is 4.90 Å². The summed E-state index contributed by atoms with van der Waals surface area (Å²) in [5, 5.41) is 1.97. The Balaban J connectivity index is 2.39. The third-order valence-electron chi connectivity index (χ3n) is 4.21. The number of aliphatic imine (C=N–C) groups is 1. The van der Waals surface area contributed by atoms with Gasteiger partial charge in [0.1, 0.15) is 6.04 Å². The van der Waals surface area contributed by atoms with Crippen molar-refractivity contribution >= 4 is 34.2 Å². The number of rotatable bonds is 8. The number of nitrogens with zero attached hydrogens (tertiary/aromatic N) is 2. The van der Waals surface area contributed by atoms with Crippen LogP contribution < -0.4 is 27.8 Å². The Morgan fingerprint density at radius 2 is 1.74 bits per heavy atom. The van der Waals surface area contributed by atoms with Crippen molar-refractivity contribution in [1.82, 2.24) is 0 Å². The van der Waals surface area contributed by atoms with Crippen LogP contribution in [-0.2, 0) is 9.59 Å². The van der Waals surface area contributed by atoms with Crippen molar-refractivity contribution in [3.8, 4) is 0 Å². The number of amides is 2. The molecule has 0 aliphatic carbocycles. The fourth-order valence-corrected chi connectivity index (χ4v) is 2.90. The van der Waals surface area contributed by atoms with E-state index in [9.17, 15) is 9.59 Å². The minimum atomic E-state index is -0.848. The van der Waals surface area contributed by atoms with Gasteiger partial charge in [0.05, 0.1) is 6.04 Å². The van der Waals surface area contributed by atoms with Crippen molar-refractivity contribution in [3.63, 3.8) is 0 Å². The summed E-state index contributed by atoms with van der Waals surface area (Å²) in [6.45, 7) is 1.91. The molecular formula is C19H26N6O2. The lowest BCUT2D eigenvalue weighted by atomic mass is 10.0. The van der Waals surface area contributed by atoms with Crippen molar-refractivity contribution in [2.75, 3.05) is 11.4 Å². The Hall–Kier alpha value is -3.13. The van der Waals surface area contributed by atoms with Gasteiger partial charge in [-0.25, -0.2) is 0 Å². The van der Waals surface area contributed by atoms with E-state index in [0.717, 1.165) is 10.8 Å². The summed E-state index contributed by atoms with van der Waals surface area (Å²) in [5.41, 5.74) is 22.6. The van der Waals surface area contributed by atoms with Gasteiger partial charge in [0, 0.05) is 12.2 Å². The van der Waals surface area contributed by atoms with Crippen LogP contribution in [0.25, 0.3) is 10.8 Å². The molecule has 0 saturated carbocycles. The van der Waals surface area contributed by atoms with Crippen LogP contribution in [0.5, 0.6) is 0 Å². The van der Waals surface area contributed by atoms with Crippen molar-refractivity contribution in [1.29, 1.82) is 0 Å². The maximum absolute atomic E-state index is 12.8. The van der Waals surface area contributed by atoms with Crippen LogP contribution in [0.4, 0.5) is 5.69 Å². The highest BCUT2D eigenvalue weighted by molar-refractivity contribution is 6.04. The van der Waals surface area contributed by atoms with Gasteiger partial charge in [-0.2, -0.15) is 0 Å². The SMILES string of the molecule is CC(N)C(=O)N(c1ccc2ccccc2c1)C(CCCN=C(N)N)C(N)=O. The smallest absolute Gasteiger partial charge is 0.244 e. The summed E-state index contributed by atoms with van der Waals surface area (Å²) in [7, 11) is 0. The van der Waals surface area contributed by atoms with Crippen molar-refractivity contribution in [2.45, 2.75) is 31.8 Å². The zero-order valence-corrected chi connectivity index (χ0v) is 15.3. The number of primary amides is 1. The van der Waals surface area contributed by atoms with E-state index in [0.29, 0.717) is 25.1 Å². The highest BCUT2D eigenvalue weighted by Gasteiger charge is 2.31. The lowest BCUT2D eigenvalue weighted by Gasteiger charge is -2.31. The number of guanidine groups is 1. The number of fused-ring (bicyclic) bond motifs is 1. The van der Waals surface area contributed by atoms with Gasteiger partial charge in [-0.15, -0.1) is 0 Å². The molecule has 8 nitrogen and oxygen atoms in total. The molecule has 0 heterocycles. The van der Waals surface area contributed by atoms with Crippen LogP contribution >= 0.6 is 0 Å². The van der Waals surface area contributed by atoms with Gasteiger partial charge >= 0.3 is 0 Å². The normalized spacial score (nSPS) is 13.0. The van der Waals surface area contributed by atoms with E-state index in [1.54, 1.807) is 13.0 Å². The number of nitrogens with two attached hydrogens (primary N) is 4. The molecular weight excluding hydrogens is 344 g/mol. The minimum Gasteiger partial charge on any atom is -0.370 e. The monoisotopic (exact) mass is 370 g/mol. The first kappa shape index (κ1) is 20.2. The molecule has 0 spiro atoms. The molecule has 8 N–H and O–H groups in total. The first-order valence-corrected chi connectivity index (χ1v) is 8.73. The van der Waals surface area contributed by atoms with Gasteiger partial charge in [0.2, 0.25) is 11.8 Å². The number of hydrogen-bond donors (Lipinski definition) is 4. The van der Waals surface area contributed by atoms with Gasteiger partial charge in [-0.1, -0.05) is 30.3 Å². The highest BCUT2D eigenvalue weighted by Crippen LogP contribution is 2.25. The molecule has 144 valence electrons. The molecule has 0 aliphatic rings. The molecule has 2 atom stereocenters. The molecule has 2 aromatic carbocycles. The van der Waals surface area contributed by atoms with Gasteiger partial charge in [0.25, 0.3) is 0 Å². The summed E-state index contributed by atoms with van der Waals surface area (Å²) < 4.78 is 0. The molecule has 27 heavy (non-hydrogen) atoms. The molecule has 0 bridgehead atoms. The summed E-state index contributed by atoms with van der Waals surface area (Å²) >= 11 is 0. The zero-order valence-electron chi connectivity index (χ0n) is 15.3. The van der Waals surface area contributed by atoms with Gasteiger partial charge < -0.3 is 22.9 Å². The fraction of sp³-hybridized carbons (Fsp3) is 0.316. The van der Waals surface area contributed by atoms with Gasteiger partial charge in [-0.05, 0) is 42.7 Å². The summed E-state index contributed by atoms with van der Waals surface area (Å²) in [5.74, 6) is -1.01. The summed E-state index contributed by atoms with van der Waals surface area (Å²) in [6, 6.07) is 11.6. The Morgan fingerprint density at radius 1 is 1.07 bits per heavy atom. The van der Waals surface area contributed by atoms with Crippen LogP contribution in [0.1, 0.15) is 19.8 Å². The fourth-order valence-electron chi connectivity index (χ4n) is 2.90. The van der Waals surface area contributed by atoms with E-state index in [4.69, 9.17) is 22.9 Å². The highest BCUT2D eigenvalue weighted by atomic mass is 16.2.